The van der Waals surface area contributed by atoms with Crippen molar-refractivity contribution in [3.63, 3.8) is 0 Å². The maximum atomic E-state index is 14.2. The Labute approximate surface area is 191 Å². The zero-order valence-electron chi connectivity index (χ0n) is 18.6. The molecule has 2 rings (SSSR count). The average Bonchev–Trinajstić information content (AvgIpc) is 2.76. The molecule has 0 aromatic heterocycles. The van der Waals surface area contributed by atoms with Crippen LogP contribution < -0.4 is 10.6 Å². The summed E-state index contributed by atoms with van der Waals surface area (Å²) < 4.78 is 73.2. The zero-order chi connectivity index (χ0) is 25.8. The summed E-state index contributed by atoms with van der Waals surface area (Å²) >= 11 is 0. The number of likely N-dealkylation sites (N-methyl/N-ethyl adjacent to an activating group) is 1. The van der Waals surface area contributed by atoms with E-state index in [-0.39, 0.29) is 17.2 Å². The lowest BCUT2D eigenvalue weighted by molar-refractivity contribution is -0.138. The Hall–Kier alpha value is -3.70. The number of hydrogen-bond acceptors (Lipinski definition) is 4. The number of nitrogens with one attached hydrogen (secondary N) is 2. The van der Waals surface area contributed by atoms with Gasteiger partial charge in [0.15, 0.2) is 6.10 Å². The molecule has 2 aromatic carbocycles. The first-order valence-corrected chi connectivity index (χ1v) is 9.80. The molecule has 12 heteroatoms. The molecule has 2 unspecified atom stereocenters. The molecule has 0 heterocycles. The van der Waals surface area contributed by atoms with Crippen LogP contribution in [0.5, 0.6) is 0 Å². The second-order valence-electron chi connectivity index (χ2n) is 7.41. The molecule has 2 atom stereocenters. The lowest BCUT2D eigenvalue weighted by Crippen LogP contribution is -2.51. The van der Waals surface area contributed by atoms with Crippen LogP contribution >= 0.6 is 0 Å². The number of halogens is 5. The van der Waals surface area contributed by atoms with Crippen molar-refractivity contribution in [1.82, 2.24) is 15.5 Å². The highest BCUT2D eigenvalue weighted by Gasteiger charge is 2.39. The highest BCUT2D eigenvalue weighted by Crippen LogP contribution is 2.33. The molecule has 0 aliphatic rings. The van der Waals surface area contributed by atoms with Crippen LogP contribution in [0.15, 0.2) is 36.4 Å². The maximum absolute atomic E-state index is 14.2. The highest BCUT2D eigenvalue weighted by molar-refractivity contribution is 5.99. The van der Waals surface area contributed by atoms with Crippen molar-refractivity contribution >= 4 is 17.9 Å². The van der Waals surface area contributed by atoms with Gasteiger partial charge in [0, 0.05) is 26.7 Å². The summed E-state index contributed by atoms with van der Waals surface area (Å²) in [6, 6.07) is 3.37. The Morgan fingerprint density at radius 2 is 1.71 bits per heavy atom. The van der Waals surface area contributed by atoms with Crippen LogP contribution in [-0.4, -0.2) is 50.0 Å². The van der Waals surface area contributed by atoms with Gasteiger partial charge in [-0.1, -0.05) is 12.1 Å². The van der Waals surface area contributed by atoms with Gasteiger partial charge in [0.2, 0.25) is 5.91 Å². The van der Waals surface area contributed by atoms with Crippen LogP contribution in [0.4, 0.5) is 26.7 Å². The van der Waals surface area contributed by atoms with E-state index in [1.807, 2.05) is 0 Å². The zero-order valence-corrected chi connectivity index (χ0v) is 18.6. The fourth-order valence-electron chi connectivity index (χ4n) is 3.06. The van der Waals surface area contributed by atoms with Gasteiger partial charge in [-0.2, -0.15) is 13.2 Å². The lowest BCUT2D eigenvalue weighted by Gasteiger charge is -2.29. The molecule has 7 nitrogen and oxygen atoms in total. The number of nitrogens with zero attached hydrogens (tertiary/aromatic N) is 1. The Kier molecular flexibility index (Phi) is 8.19. The normalized spacial score (nSPS) is 13.0. The van der Waals surface area contributed by atoms with Crippen molar-refractivity contribution < 1.29 is 41.1 Å². The van der Waals surface area contributed by atoms with Crippen LogP contribution in [0.25, 0.3) is 0 Å². The first kappa shape index (κ1) is 26.6. The average molecular weight is 487 g/mol. The topological polar surface area (TPSA) is 87.7 Å². The van der Waals surface area contributed by atoms with Gasteiger partial charge in [0.05, 0.1) is 11.1 Å². The molecule has 184 valence electrons. The number of carbonyl (C=O) groups is 3. The molecule has 0 saturated heterocycles. The number of hydrogen-bond donors (Lipinski definition) is 2. The third-order valence-electron chi connectivity index (χ3n) is 4.86. The van der Waals surface area contributed by atoms with E-state index in [2.05, 4.69) is 10.6 Å². The molecule has 0 radical (unpaired) electrons. The summed E-state index contributed by atoms with van der Waals surface area (Å²) in [5, 5.41) is 4.34. The van der Waals surface area contributed by atoms with Gasteiger partial charge in [-0.3, -0.25) is 9.59 Å². The molecule has 0 fully saturated rings. The first-order valence-electron chi connectivity index (χ1n) is 9.80. The second kappa shape index (κ2) is 10.5. The minimum Gasteiger partial charge on any atom is -0.438 e. The number of rotatable bonds is 6. The van der Waals surface area contributed by atoms with Gasteiger partial charge in [0.25, 0.3) is 5.91 Å². The third-order valence-corrected chi connectivity index (χ3v) is 4.86. The van der Waals surface area contributed by atoms with Crippen molar-refractivity contribution in [2.45, 2.75) is 25.2 Å². The van der Waals surface area contributed by atoms with Crippen LogP contribution in [0.1, 0.15) is 33.2 Å². The highest BCUT2D eigenvalue weighted by atomic mass is 19.4. The minimum atomic E-state index is -5.08. The summed E-state index contributed by atoms with van der Waals surface area (Å²) in [6.07, 6.45) is -7.66. The van der Waals surface area contributed by atoms with E-state index >= 15 is 0 Å². The van der Waals surface area contributed by atoms with Gasteiger partial charge in [-0.05, 0) is 36.8 Å². The molecular formula is C22H22F5N3O4. The Morgan fingerprint density at radius 1 is 1.06 bits per heavy atom. The molecule has 2 N–H and O–H groups in total. The summed E-state index contributed by atoms with van der Waals surface area (Å²) in [6.45, 7) is 1.34. The standard InChI is InChI=1S/C22H22F5N3O4/c1-11-13(6-5-7-16(11)24)18(34-21(33)30(3)4)17(20(32)28-2)29-19(31)14-9-8-12(23)10-15(14)22(25,26)27/h5-10,17-18H,1-4H3,(H,28,32)(H,29,31). The van der Waals surface area contributed by atoms with Crippen LogP contribution in [-0.2, 0) is 15.7 Å². The molecular weight excluding hydrogens is 465 g/mol. The molecule has 0 saturated carbocycles. The molecule has 2 aromatic rings. The van der Waals surface area contributed by atoms with E-state index in [0.717, 1.165) is 11.0 Å². The van der Waals surface area contributed by atoms with Crippen molar-refractivity contribution in [3.8, 4) is 0 Å². The number of amides is 3. The van der Waals surface area contributed by atoms with E-state index in [1.165, 1.54) is 40.2 Å². The molecule has 0 aliphatic heterocycles. The smallest absolute Gasteiger partial charge is 0.417 e. The van der Waals surface area contributed by atoms with Crippen molar-refractivity contribution in [2.75, 3.05) is 21.1 Å². The number of carbonyl (C=O) groups excluding carboxylic acids is 3. The molecule has 34 heavy (non-hydrogen) atoms. The lowest BCUT2D eigenvalue weighted by atomic mass is 9.96. The van der Waals surface area contributed by atoms with E-state index < -0.39 is 59.0 Å². The quantitative estimate of drug-likeness (QED) is 0.610. The summed E-state index contributed by atoms with van der Waals surface area (Å²) in [5.41, 5.74) is -2.54. The van der Waals surface area contributed by atoms with Gasteiger partial charge in [-0.25, -0.2) is 13.6 Å². The third kappa shape index (κ3) is 6.00. The van der Waals surface area contributed by atoms with Gasteiger partial charge in [0.1, 0.15) is 17.7 Å². The SMILES string of the molecule is CNC(=O)C(NC(=O)c1ccc(F)cc1C(F)(F)F)C(OC(=O)N(C)C)c1cccc(F)c1C. The molecule has 0 bridgehead atoms. The van der Waals surface area contributed by atoms with Crippen LogP contribution in [0.3, 0.4) is 0 Å². The summed E-state index contributed by atoms with van der Waals surface area (Å²) in [5.74, 6) is -4.26. The Bertz CT molecular complexity index is 1090. The Morgan fingerprint density at radius 3 is 2.26 bits per heavy atom. The van der Waals surface area contributed by atoms with Crippen LogP contribution in [0, 0.1) is 18.6 Å². The number of alkyl halides is 3. The fraction of sp³-hybridized carbons (Fsp3) is 0.318. The summed E-state index contributed by atoms with van der Waals surface area (Å²) in [7, 11) is 3.85. The van der Waals surface area contributed by atoms with Crippen LogP contribution in [0.2, 0.25) is 0 Å². The predicted octanol–water partition coefficient (Wildman–Crippen LogP) is 3.58. The first-order chi connectivity index (χ1) is 15.8. The number of benzene rings is 2. The van der Waals surface area contributed by atoms with Gasteiger partial charge in [-0.15, -0.1) is 0 Å². The monoisotopic (exact) mass is 487 g/mol. The van der Waals surface area contributed by atoms with Gasteiger partial charge < -0.3 is 20.3 Å². The largest absolute Gasteiger partial charge is 0.438 e. The molecule has 0 aliphatic carbocycles. The minimum absolute atomic E-state index is 0.000694. The number of ether oxygens (including phenoxy) is 1. The maximum Gasteiger partial charge on any atom is 0.417 e. The van der Waals surface area contributed by atoms with Gasteiger partial charge >= 0.3 is 12.3 Å². The van der Waals surface area contributed by atoms with Crippen molar-refractivity contribution in [3.05, 3.63) is 70.3 Å². The van der Waals surface area contributed by atoms with E-state index in [1.54, 1.807) is 0 Å². The molecule has 3 amide bonds. The fourth-order valence-corrected chi connectivity index (χ4v) is 3.06. The van der Waals surface area contributed by atoms with E-state index in [4.69, 9.17) is 4.74 Å². The van der Waals surface area contributed by atoms with E-state index in [9.17, 15) is 36.3 Å². The van der Waals surface area contributed by atoms with Crippen molar-refractivity contribution in [2.24, 2.45) is 0 Å². The predicted molar refractivity (Wildman–Crippen MR) is 111 cm³/mol. The second-order valence-corrected chi connectivity index (χ2v) is 7.41. The van der Waals surface area contributed by atoms with Crippen molar-refractivity contribution in [1.29, 1.82) is 0 Å². The summed E-state index contributed by atoms with van der Waals surface area (Å²) in [4.78, 5) is 38.8. The molecule has 0 spiro atoms. The Balaban J connectivity index is 2.59. The van der Waals surface area contributed by atoms with E-state index in [0.29, 0.717) is 12.1 Å².